The molecule has 2 heterocycles. The van der Waals surface area contributed by atoms with E-state index >= 15 is 0 Å². The van der Waals surface area contributed by atoms with Crippen LogP contribution in [-0.4, -0.2) is 10.2 Å². The molecule has 1 aromatic heterocycles. The SMILES string of the molecule is C1=COc2nnccc2O1. The number of aromatic nitrogens is 2. The molecular formula is C6H4N2O2. The minimum Gasteiger partial charge on any atom is -0.456 e. The summed E-state index contributed by atoms with van der Waals surface area (Å²) in [7, 11) is 0. The van der Waals surface area contributed by atoms with Gasteiger partial charge in [-0.2, -0.15) is 5.10 Å². The monoisotopic (exact) mass is 136 g/mol. The number of nitrogens with zero attached hydrogens (tertiary/aromatic N) is 2. The normalized spacial score (nSPS) is 13.2. The summed E-state index contributed by atoms with van der Waals surface area (Å²) in [6.07, 6.45) is 4.41. The molecule has 50 valence electrons. The van der Waals surface area contributed by atoms with E-state index in [4.69, 9.17) is 9.47 Å². The van der Waals surface area contributed by atoms with Gasteiger partial charge in [-0.05, 0) is 0 Å². The number of ether oxygens (including phenoxy) is 2. The van der Waals surface area contributed by atoms with Gasteiger partial charge in [0.15, 0.2) is 5.75 Å². The maximum absolute atomic E-state index is 5.02. The maximum Gasteiger partial charge on any atom is 0.281 e. The summed E-state index contributed by atoms with van der Waals surface area (Å²) in [5.74, 6) is 1.00. The highest BCUT2D eigenvalue weighted by atomic mass is 16.5. The van der Waals surface area contributed by atoms with Gasteiger partial charge in [0.25, 0.3) is 5.88 Å². The molecule has 1 aliphatic rings. The van der Waals surface area contributed by atoms with Crippen LogP contribution in [0.3, 0.4) is 0 Å². The van der Waals surface area contributed by atoms with Crippen LogP contribution in [0.25, 0.3) is 0 Å². The molecule has 0 saturated heterocycles. The van der Waals surface area contributed by atoms with Crippen LogP contribution in [-0.2, 0) is 0 Å². The molecule has 0 spiro atoms. The van der Waals surface area contributed by atoms with E-state index in [2.05, 4.69) is 10.2 Å². The Morgan fingerprint density at radius 2 is 2.10 bits per heavy atom. The number of rotatable bonds is 0. The van der Waals surface area contributed by atoms with Crippen LogP contribution in [0.2, 0.25) is 0 Å². The third kappa shape index (κ3) is 0.699. The van der Waals surface area contributed by atoms with Crippen molar-refractivity contribution < 1.29 is 9.47 Å². The Balaban J connectivity index is 2.47. The first kappa shape index (κ1) is 5.22. The highest BCUT2D eigenvalue weighted by molar-refractivity contribution is 5.33. The molecule has 0 atom stereocenters. The van der Waals surface area contributed by atoms with Gasteiger partial charge in [-0.3, -0.25) is 0 Å². The van der Waals surface area contributed by atoms with Crippen molar-refractivity contribution in [3.63, 3.8) is 0 Å². The summed E-state index contributed by atoms with van der Waals surface area (Å²) in [5.41, 5.74) is 0. The van der Waals surface area contributed by atoms with Crippen LogP contribution in [0.4, 0.5) is 0 Å². The molecule has 0 radical (unpaired) electrons. The standard InChI is InChI=1S/C6H4N2O2/c1-2-7-8-6-5(1)9-3-4-10-6/h1-4H. The van der Waals surface area contributed by atoms with Crippen molar-refractivity contribution >= 4 is 0 Å². The molecule has 0 saturated carbocycles. The summed E-state index contributed by atoms with van der Waals surface area (Å²) in [4.78, 5) is 0. The van der Waals surface area contributed by atoms with Crippen molar-refractivity contribution in [1.82, 2.24) is 10.2 Å². The van der Waals surface area contributed by atoms with E-state index in [1.165, 1.54) is 12.5 Å². The van der Waals surface area contributed by atoms with Crippen molar-refractivity contribution in [2.24, 2.45) is 0 Å². The van der Waals surface area contributed by atoms with Gasteiger partial charge in [0.1, 0.15) is 12.5 Å². The third-order valence-electron chi connectivity index (χ3n) is 1.08. The molecule has 0 amide bonds. The zero-order valence-corrected chi connectivity index (χ0v) is 5.02. The van der Waals surface area contributed by atoms with E-state index < -0.39 is 0 Å². The summed E-state index contributed by atoms with van der Waals surface area (Å²) in [6.45, 7) is 0. The van der Waals surface area contributed by atoms with Crippen molar-refractivity contribution in [2.45, 2.75) is 0 Å². The molecule has 0 N–H and O–H groups in total. The minimum absolute atomic E-state index is 0.407. The van der Waals surface area contributed by atoms with Crippen LogP contribution in [0.15, 0.2) is 24.8 Å². The fraction of sp³-hybridized carbons (Fsp3) is 0. The molecule has 4 nitrogen and oxygen atoms in total. The Kier molecular flexibility index (Phi) is 1.04. The van der Waals surface area contributed by atoms with E-state index in [0.29, 0.717) is 11.6 Å². The Hall–Kier alpha value is -1.58. The third-order valence-corrected chi connectivity index (χ3v) is 1.08. The molecule has 0 aliphatic carbocycles. The predicted octanol–water partition coefficient (Wildman–Crippen LogP) is 0.719. The lowest BCUT2D eigenvalue weighted by Crippen LogP contribution is -1.98. The fourth-order valence-corrected chi connectivity index (χ4v) is 0.672. The van der Waals surface area contributed by atoms with Crippen molar-refractivity contribution in [2.75, 3.05) is 0 Å². The predicted molar refractivity (Wildman–Crippen MR) is 32.4 cm³/mol. The zero-order chi connectivity index (χ0) is 6.81. The van der Waals surface area contributed by atoms with E-state index in [0.717, 1.165) is 0 Å². The Morgan fingerprint density at radius 3 is 3.00 bits per heavy atom. The second-order valence-corrected chi connectivity index (χ2v) is 1.71. The van der Waals surface area contributed by atoms with Crippen LogP contribution >= 0.6 is 0 Å². The summed E-state index contributed by atoms with van der Waals surface area (Å²) in [5, 5.41) is 7.28. The van der Waals surface area contributed by atoms with Crippen molar-refractivity contribution in [3.8, 4) is 11.6 Å². The van der Waals surface area contributed by atoms with Gasteiger partial charge in [0, 0.05) is 6.07 Å². The Bertz CT molecular complexity index is 245. The van der Waals surface area contributed by atoms with Gasteiger partial charge in [-0.25, -0.2) is 0 Å². The summed E-state index contributed by atoms with van der Waals surface area (Å²) < 4.78 is 9.96. The summed E-state index contributed by atoms with van der Waals surface area (Å²) >= 11 is 0. The molecule has 0 fully saturated rings. The average molecular weight is 136 g/mol. The lowest BCUT2D eigenvalue weighted by molar-refractivity contribution is 0.345. The average Bonchev–Trinajstić information content (AvgIpc) is 2.05. The largest absolute Gasteiger partial charge is 0.456 e. The van der Waals surface area contributed by atoms with E-state index in [-0.39, 0.29) is 0 Å². The second kappa shape index (κ2) is 1.98. The maximum atomic E-state index is 5.02. The molecular weight excluding hydrogens is 132 g/mol. The molecule has 0 bridgehead atoms. The Morgan fingerprint density at radius 1 is 1.20 bits per heavy atom. The molecule has 1 aliphatic heterocycles. The van der Waals surface area contributed by atoms with Crippen molar-refractivity contribution in [3.05, 3.63) is 24.8 Å². The topological polar surface area (TPSA) is 44.2 Å². The smallest absolute Gasteiger partial charge is 0.281 e. The fourth-order valence-electron chi connectivity index (χ4n) is 0.672. The highest BCUT2D eigenvalue weighted by Gasteiger charge is 2.07. The van der Waals surface area contributed by atoms with Crippen LogP contribution in [0.1, 0.15) is 0 Å². The molecule has 4 heteroatoms. The van der Waals surface area contributed by atoms with Crippen LogP contribution < -0.4 is 9.47 Å². The first-order valence-corrected chi connectivity index (χ1v) is 2.77. The number of fused-ring (bicyclic) bond motifs is 1. The van der Waals surface area contributed by atoms with Gasteiger partial charge >= 0.3 is 0 Å². The molecule has 10 heavy (non-hydrogen) atoms. The quantitative estimate of drug-likeness (QED) is 0.527. The first-order valence-electron chi connectivity index (χ1n) is 2.77. The second-order valence-electron chi connectivity index (χ2n) is 1.71. The van der Waals surface area contributed by atoms with E-state index in [1.807, 2.05) is 0 Å². The van der Waals surface area contributed by atoms with Crippen LogP contribution in [0.5, 0.6) is 11.6 Å². The lowest BCUT2D eigenvalue weighted by Gasteiger charge is -2.07. The molecule has 0 aromatic carbocycles. The summed E-state index contributed by atoms with van der Waals surface area (Å²) in [6, 6.07) is 1.69. The lowest BCUT2D eigenvalue weighted by atomic mass is 10.5. The Labute approximate surface area is 57.1 Å². The first-order chi connectivity index (χ1) is 4.97. The van der Waals surface area contributed by atoms with Crippen LogP contribution in [0, 0.1) is 0 Å². The number of hydrogen-bond acceptors (Lipinski definition) is 4. The minimum atomic E-state index is 0.407. The van der Waals surface area contributed by atoms with E-state index in [1.54, 1.807) is 12.3 Å². The van der Waals surface area contributed by atoms with Gasteiger partial charge in [0.2, 0.25) is 0 Å². The zero-order valence-electron chi connectivity index (χ0n) is 5.02. The molecule has 0 unspecified atom stereocenters. The molecule has 2 rings (SSSR count). The van der Waals surface area contributed by atoms with Gasteiger partial charge in [-0.1, -0.05) is 0 Å². The highest BCUT2D eigenvalue weighted by Crippen LogP contribution is 2.25. The molecule has 1 aromatic rings. The van der Waals surface area contributed by atoms with Gasteiger partial charge in [0.05, 0.1) is 6.20 Å². The van der Waals surface area contributed by atoms with Gasteiger partial charge < -0.3 is 9.47 Å². The van der Waals surface area contributed by atoms with E-state index in [9.17, 15) is 0 Å². The number of hydrogen-bond donors (Lipinski definition) is 0. The van der Waals surface area contributed by atoms with Crippen molar-refractivity contribution in [1.29, 1.82) is 0 Å². The van der Waals surface area contributed by atoms with Gasteiger partial charge in [-0.15, -0.1) is 5.10 Å².